The first-order valence-corrected chi connectivity index (χ1v) is 4.98. The Kier molecular flexibility index (Phi) is 2.48. The molecule has 2 rings (SSSR count). The van der Waals surface area contributed by atoms with Crippen molar-refractivity contribution in [3.05, 3.63) is 33.1 Å². The molecule has 1 aliphatic rings. The zero-order valence-electron chi connectivity index (χ0n) is 6.76. The average molecular weight is 291 g/mol. The lowest BCUT2D eigenvalue weighted by molar-refractivity contribution is 0.346. The van der Waals surface area contributed by atoms with Crippen LogP contribution < -0.4 is 0 Å². The number of nitrogens with zero attached hydrogens (tertiary/aromatic N) is 1. The maximum Gasteiger partial charge on any atom is 0.220 e. The number of ether oxygens (including phenoxy) is 1. The van der Waals surface area contributed by atoms with Crippen molar-refractivity contribution in [2.24, 2.45) is 4.99 Å². The van der Waals surface area contributed by atoms with Crippen molar-refractivity contribution in [1.29, 1.82) is 0 Å². The van der Waals surface area contributed by atoms with Crippen LogP contribution in [0.4, 0.5) is 4.39 Å². The normalized spacial score (nSPS) is 15.4. The smallest absolute Gasteiger partial charge is 0.220 e. The molecule has 0 radical (unpaired) electrons. The largest absolute Gasteiger partial charge is 0.475 e. The highest BCUT2D eigenvalue weighted by Crippen LogP contribution is 2.18. The summed E-state index contributed by atoms with van der Waals surface area (Å²) in [5.41, 5.74) is 0.487. The van der Waals surface area contributed by atoms with Gasteiger partial charge in [-0.05, 0) is 34.7 Å². The van der Waals surface area contributed by atoms with Gasteiger partial charge in [-0.15, -0.1) is 0 Å². The fourth-order valence-corrected chi connectivity index (χ4v) is 1.88. The number of benzene rings is 1. The number of rotatable bonds is 1. The monoisotopic (exact) mass is 291 g/mol. The molecule has 0 bridgehead atoms. The molecule has 2 nitrogen and oxygen atoms in total. The summed E-state index contributed by atoms with van der Waals surface area (Å²) in [6, 6.07) is 4.93. The van der Waals surface area contributed by atoms with Gasteiger partial charge < -0.3 is 4.74 Å². The summed E-state index contributed by atoms with van der Waals surface area (Å²) in [6.07, 6.45) is 0. The molecule has 1 aromatic rings. The molecule has 4 heteroatoms. The third kappa shape index (κ3) is 1.67. The summed E-state index contributed by atoms with van der Waals surface area (Å²) in [7, 11) is 0. The Labute approximate surface area is 89.0 Å². The third-order valence-electron chi connectivity index (χ3n) is 1.76. The molecule has 1 aromatic carbocycles. The summed E-state index contributed by atoms with van der Waals surface area (Å²) >= 11 is 2.07. The molecule has 0 atom stereocenters. The number of hydrogen-bond acceptors (Lipinski definition) is 2. The van der Waals surface area contributed by atoms with E-state index in [0.29, 0.717) is 24.6 Å². The predicted octanol–water partition coefficient (Wildman–Crippen LogP) is 2.21. The minimum Gasteiger partial charge on any atom is -0.475 e. The zero-order valence-corrected chi connectivity index (χ0v) is 8.92. The van der Waals surface area contributed by atoms with E-state index in [0.717, 1.165) is 3.57 Å². The maximum absolute atomic E-state index is 13.3. The van der Waals surface area contributed by atoms with Crippen LogP contribution in [0.1, 0.15) is 5.56 Å². The minimum atomic E-state index is -0.271. The molecule has 0 amide bonds. The molecule has 1 heterocycles. The lowest BCUT2D eigenvalue weighted by Crippen LogP contribution is -2.06. The second-order valence-electron chi connectivity index (χ2n) is 2.63. The Hall–Kier alpha value is -0.650. The lowest BCUT2D eigenvalue weighted by atomic mass is 10.2. The van der Waals surface area contributed by atoms with Crippen molar-refractivity contribution in [3.8, 4) is 0 Å². The standard InChI is InChI=1S/C9H7FINO/c10-6-2-1-3-7(11)8(6)9-12-4-5-13-9/h1-3H,4-5H2. The van der Waals surface area contributed by atoms with Gasteiger partial charge in [0.1, 0.15) is 12.4 Å². The van der Waals surface area contributed by atoms with Crippen LogP contribution in [0, 0.1) is 9.39 Å². The highest BCUT2D eigenvalue weighted by atomic mass is 127. The van der Waals surface area contributed by atoms with E-state index >= 15 is 0 Å². The Bertz CT molecular complexity index is 344. The fourth-order valence-electron chi connectivity index (χ4n) is 1.19. The molecule has 0 fully saturated rings. The van der Waals surface area contributed by atoms with E-state index in [4.69, 9.17) is 4.74 Å². The SMILES string of the molecule is Fc1cccc(I)c1C1=NCCO1. The Balaban J connectivity index is 2.49. The topological polar surface area (TPSA) is 21.6 Å². The fraction of sp³-hybridized carbons (Fsp3) is 0.222. The quantitative estimate of drug-likeness (QED) is 0.727. The van der Waals surface area contributed by atoms with Crippen LogP contribution in [-0.4, -0.2) is 19.0 Å². The molecular weight excluding hydrogens is 284 g/mol. The average Bonchev–Trinajstić information content (AvgIpc) is 2.57. The van der Waals surface area contributed by atoms with Gasteiger partial charge in [-0.25, -0.2) is 9.38 Å². The van der Waals surface area contributed by atoms with Crippen LogP contribution in [0.15, 0.2) is 23.2 Å². The van der Waals surface area contributed by atoms with E-state index in [1.54, 1.807) is 6.07 Å². The van der Waals surface area contributed by atoms with Crippen molar-refractivity contribution in [1.82, 2.24) is 0 Å². The van der Waals surface area contributed by atoms with Gasteiger partial charge in [-0.1, -0.05) is 6.07 Å². The first-order chi connectivity index (χ1) is 6.29. The molecule has 68 valence electrons. The molecule has 1 aliphatic heterocycles. The molecule has 0 aromatic heterocycles. The van der Waals surface area contributed by atoms with Crippen molar-refractivity contribution >= 4 is 28.5 Å². The Morgan fingerprint density at radius 1 is 1.46 bits per heavy atom. The van der Waals surface area contributed by atoms with E-state index in [1.807, 2.05) is 6.07 Å². The van der Waals surface area contributed by atoms with E-state index in [1.165, 1.54) is 6.07 Å². The first kappa shape index (κ1) is 8.93. The second-order valence-corrected chi connectivity index (χ2v) is 3.79. The van der Waals surface area contributed by atoms with Crippen LogP contribution >= 0.6 is 22.6 Å². The van der Waals surface area contributed by atoms with Gasteiger partial charge in [0, 0.05) is 3.57 Å². The molecule has 13 heavy (non-hydrogen) atoms. The van der Waals surface area contributed by atoms with E-state index < -0.39 is 0 Å². The Morgan fingerprint density at radius 2 is 2.31 bits per heavy atom. The number of hydrogen-bond donors (Lipinski definition) is 0. The molecule has 0 saturated carbocycles. The van der Waals surface area contributed by atoms with Gasteiger partial charge in [0.15, 0.2) is 0 Å². The van der Waals surface area contributed by atoms with Crippen LogP contribution in [0.3, 0.4) is 0 Å². The first-order valence-electron chi connectivity index (χ1n) is 3.90. The van der Waals surface area contributed by atoms with Crippen molar-refractivity contribution in [3.63, 3.8) is 0 Å². The molecule has 0 saturated heterocycles. The van der Waals surface area contributed by atoms with Gasteiger partial charge in [0.2, 0.25) is 5.90 Å². The van der Waals surface area contributed by atoms with Gasteiger partial charge >= 0.3 is 0 Å². The highest BCUT2D eigenvalue weighted by molar-refractivity contribution is 14.1. The summed E-state index contributed by atoms with van der Waals surface area (Å²) in [6.45, 7) is 1.18. The van der Waals surface area contributed by atoms with E-state index in [9.17, 15) is 4.39 Å². The number of halogens is 2. The number of aliphatic imine (C=N–C) groups is 1. The van der Waals surface area contributed by atoms with Crippen LogP contribution in [-0.2, 0) is 4.74 Å². The van der Waals surface area contributed by atoms with Crippen molar-refractivity contribution in [2.75, 3.05) is 13.2 Å². The summed E-state index contributed by atoms with van der Waals surface area (Å²) < 4.78 is 19.4. The summed E-state index contributed by atoms with van der Waals surface area (Å²) in [5.74, 6) is 0.162. The van der Waals surface area contributed by atoms with Crippen LogP contribution in [0.2, 0.25) is 0 Å². The summed E-state index contributed by atoms with van der Waals surface area (Å²) in [5, 5.41) is 0. The lowest BCUT2D eigenvalue weighted by Gasteiger charge is -2.04. The predicted molar refractivity (Wildman–Crippen MR) is 56.5 cm³/mol. The molecular formula is C9H7FINO. The van der Waals surface area contributed by atoms with Crippen LogP contribution in [0.5, 0.6) is 0 Å². The molecule has 0 unspecified atom stereocenters. The molecule has 0 spiro atoms. The van der Waals surface area contributed by atoms with E-state index in [-0.39, 0.29) is 5.82 Å². The van der Waals surface area contributed by atoms with Gasteiger partial charge in [-0.2, -0.15) is 0 Å². The van der Waals surface area contributed by atoms with Crippen LogP contribution in [0.25, 0.3) is 0 Å². The zero-order chi connectivity index (χ0) is 9.26. The van der Waals surface area contributed by atoms with Crippen molar-refractivity contribution < 1.29 is 9.13 Å². The Morgan fingerprint density at radius 3 is 2.92 bits per heavy atom. The van der Waals surface area contributed by atoms with Gasteiger partial charge in [-0.3, -0.25) is 0 Å². The highest BCUT2D eigenvalue weighted by Gasteiger charge is 2.17. The van der Waals surface area contributed by atoms with E-state index in [2.05, 4.69) is 27.6 Å². The van der Waals surface area contributed by atoms with Gasteiger partial charge in [0.25, 0.3) is 0 Å². The second kappa shape index (κ2) is 3.61. The molecule has 0 N–H and O–H groups in total. The summed E-state index contributed by atoms with van der Waals surface area (Å²) in [4.78, 5) is 4.08. The van der Waals surface area contributed by atoms with Gasteiger partial charge in [0.05, 0.1) is 12.1 Å². The minimum absolute atomic E-state index is 0.271. The molecule has 0 aliphatic carbocycles. The maximum atomic E-state index is 13.3. The third-order valence-corrected chi connectivity index (χ3v) is 2.66. The van der Waals surface area contributed by atoms with Crippen molar-refractivity contribution in [2.45, 2.75) is 0 Å².